The largest absolute Gasteiger partial charge is 0.441 e. The van der Waals surface area contributed by atoms with Crippen LogP contribution in [0.25, 0.3) is 11.5 Å². The fourth-order valence-electron chi connectivity index (χ4n) is 3.70. The number of hydrogen-bond acceptors (Lipinski definition) is 5. The quantitative estimate of drug-likeness (QED) is 0.546. The Morgan fingerprint density at radius 3 is 2.78 bits per heavy atom. The van der Waals surface area contributed by atoms with Crippen LogP contribution in [-0.4, -0.2) is 48.1 Å². The molecule has 0 aliphatic carbocycles. The van der Waals surface area contributed by atoms with Crippen molar-refractivity contribution < 1.29 is 13.9 Å². The molecule has 1 unspecified atom stereocenters. The van der Waals surface area contributed by atoms with Crippen molar-refractivity contribution in [2.45, 2.75) is 25.9 Å². The molecule has 1 N–H and O–H groups in total. The summed E-state index contributed by atoms with van der Waals surface area (Å²) in [6.45, 7) is 5.03. The van der Waals surface area contributed by atoms with Gasteiger partial charge in [0.25, 0.3) is 0 Å². The van der Waals surface area contributed by atoms with E-state index in [1.807, 2.05) is 49.4 Å². The first kappa shape index (κ1) is 22.8. The summed E-state index contributed by atoms with van der Waals surface area (Å²) in [4.78, 5) is 19.4. The number of carbonyl (C=O) groups excluding carboxylic acids is 1. The third kappa shape index (κ3) is 5.70. The van der Waals surface area contributed by atoms with Gasteiger partial charge < -0.3 is 14.5 Å². The Kier molecular flexibility index (Phi) is 7.48. The van der Waals surface area contributed by atoms with E-state index in [0.29, 0.717) is 53.7 Å². The number of hydrogen-bond donors (Lipinski definition) is 1. The summed E-state index contributed by atoms with van der Waals surface area (Å²) in [5, 5.41) is 4.11. The molecule has 1 aliphatic heterocycles. The van der Waals surface area contributed by atoms with Crippen LogP contribution >= 0.6 is 23.2 Å². The minimum absolute atomic E-state index is 0.0699. The van der Waals surface area contributed by atoms with E-state index in [1.165, 1.54) is 0 Å². The molecule has 0 saturated carbocycles. The monoisotopic (exact) mass is 473 g/mol. The Morgan fingerprint density at radius 1 is 1.19 bits per heavy atom. The van der Waals surface area contributed by atoms with Gasteiger partial charge in [-0.25, -0.2) is 4.98 Å². The van der Waals surface area contributed by atoms with Crippen LogP contribution in [0.5, 0.6) is 0 Å². The van der Waals surface area contributed by atoms with Gasteiger partial charge in [0.1, 0.15) is 5.76 Å². The SMILES string of the molecule is Cc1oc(-c2ccccc2)nc1CC(=O)NCC1COCCN1Cc1ccc(Cl)c(Cl)c1. The van der Waals surface area contributed by atoms with Gasteiger partial charge in [0.15, 0.2) is 0 Å². The molecule has 8 heteroatoms. The van der Waals surface area contributed by atoms with Gasteiger partial charge in [-0.05, 0) is 36.8 Å². The molecule has 1 amide bonds. The first-order valence-corrected chi connectivity index (χ1v) is 11.3. The molecule has 1 saturated heterocycles. The smallest absolute Gasteiger partial charge is 0.226 e. The number of ether oxygens (including phenoxy) is 1. The molecule has 1 atom stereocenters. The molecule has 4 rings (SSSR count). The van der Waals surface area contributed by atoms with Crippen LogP contribution < -0.4 is 5.32 Å². The van der Waals surface area contributed by atoms with Crippen molar-refractivity contribution in [3.8, 4) is 11.5 Å². The van der Waals surface area contributed by atoms with E-state index in [0.717, 1.165) is 17.7 Å². The topological polar surface area (TPSA) is 67.6 Å². The molecule has 2 heterocycles. The summed E-state index contributed by atoms with van der Waals surface area (Å²) < 4.78 is 11.4. The lowest BCUT2D eigenvalue weighted by atomic mass is 10.1. The number of oxazole rings is 1. The van der Waals surface area contributed by atoms with Crippen LogP contribution in [0, 0.1) is 6.92 Å². The van der Waals surface area contributed by atoms with Crippen LogP contribution in [0.3, 0.4) is 0 Å². The lowest BCUT2D eigenvalue weighted by Crippen LogP contribution is -2.50. The third-order valence-electron chi connectivity index (χ3n) is 5.50. The Hall–Kier alpha value is -2.38. The van der Waals surface area contributed by atoms with Gasteiger partial charge in [0.2, 0.25) is 11.8 Å². The summed E-state index contributed by atoms with van der Waals surface area (Å²) in [5.41, 5.74) is 2.61. The number of carbonyl (C=O) groups is 1. The number of aryl methyl sites for hydroxylation is 1. The molecule has 1 aliphatic rings. The van der Waals surface area contributed by atoms with Gasteiger partial charge in [0.05, 0.1) is 41.4 Å². The van der Waals surface area contributed by atoms with Crippen LogP contribution in [0.15, 0.2) is 52.9 Å². The Labute approximate surface area is 197 Å². The summed E-state index contributed by atoms with van der Waals surface area (Å²) in [6.07, 6.45) is 0.169. The van der Waals surface area contributed by atoms with Crippen LogP contribution in [0.1, 0.15) is 17.0 Å². The first-order chi connectivity index (χ1) is 15.5. The summed E-state index contributed by atoms with van der Waals surface area (Å²) in [7, 11) is 0. The average Bonchev–Trinajstić information content (AvgIpc) is 3.16. The van der Waals surface area contributed by atoms with Crippen molar-refractivity contribution in [2.24, 2.45) is 0 Å². The highest BCUT2D eigenvalue weighted by Gasteiger charge is 2.24. The number of nitrogens with zero attached hydrogens (tertiary/aromatic N) is 2. The van der Waals surface area contributed by atoms with Gasteiger partial charge in [-0.15, -0.1) is 0 Å². The highest BCUT2D eigenvalue weighted by atomic mass is 35.5. The summed E-state index contributed by atoms with van der Waals surface area (Å²) >= 11 is 12.2. The summed E-state index contributed by atoms with van der Waals surface area (Å²) in [5.74, 6) is 1.08. The molecule has 3 aromatic rings. The lowest BCUT2D eigenvalue weighted by Gasteiger charge is -2.35. The van der Waals surface area contributed by atoms with E-state index in [4.69, 9.17) is 32.4 Å². The van der Waals surface area contributed by atoms with Gasteiger partial charge in [-0.3, -0.25) is 9.69 Å². The minimum Gasteiger partial charge on any atom is -0.441 e. The highest BCUT2D eigenvalue weighted by Crippen LogP contribution is 2.24. The predicted molar refractivity (Wildman–Crippen MR) is 125 cm³/mol. The van der Waals surface area contributed by atoms with Crippen molar-refractivity contribution in [2.75, 3.05) is 26.3 Å². The van der Waals surface area contributed by atoms with Gasteiger partial charge in [-0.1, -0.05) is 47.5 Å². The zero-order valence-electron chi connectivity index (χ0n) is 17.8. The van der Waals surface area contributed by atoms with Crippen molar-refractivity contribution in [1.29, 1.82) is 0 Å². The molecule has 2 aromatic carbocycles. The number of halogens is 2. The minimum atomic E-state index is -0.0962. The molecule has 1 fully saturated rings. The highest BCUT2D eigenvalue weighted by molar-refractivity contribution is 6.42. The second-order valence-corrected chi connectivity index (χ2v) is 8.63. The second kappa shape index (κ2) is 10.5. The van der Waals surface area contributed by atoms with E-state index >= 15 is 0 Å². The fraction of sp³-hybridized carbons (Fsp3) is 0.333. The van der Waals surface area contributed by atoms with E-state index < -0.39 is 0 Å². The maximum Gasteiger partial charge on any atom is 0.226 e. The normalized spacial score (nSPS) is 16.8. The lowest BCUT2D eigenvalue weighted by molar-refractivity contribution is -0.121. The number of aromatic nitrogens is 1. The standard InChI is InChI=1S/C24H25Cl2N3O3/c1-16-22(28-24(32-16)18-5-3-2-4-6-18)12-23(30)27-13-19-15-31-10-9-29(19)14-17-7-8-20(25)21(26)11-17/h2-8,11,19H,9-10,12-15H2,1H3,(H,27,30). The maximum absolute atomic E-state index is 12.6. The number of nitrogens with one attached hydrogen (secondary N) is 1. The van der Waals surface area contributed by atoms with E-state index in [2.05, 4.69) is 15.2 Å². The van der Waals surface area contributed by atoms with Crippen molar-refractivity contribution in [1.82, 2.24) is 15.2 Å². The second-order valence-electron chi connectivity index (χ2n) is 7.82. The van der Waals surface area contributed by atoms with Crippen LogP contribution in [0.4, 0.5) is 0 Å². The average molecular weight is 474 g/mol. The fourth-order valence-corrected chi connectivity index (χ4v) is 4.02. The van der Waals surface area contributed by atoms with Crippen LogP contribution in [-0.2, 0) is 22.5 Å². The maximum atomic E-state index is 12.6. The molecule has 6 nitrogen and oxygen atoms in total. The van der Waals surface area contributed by atoms with Gasteiger partial charge >= 0.3 is 0 Å². The zero-order valence-corrected chi connectivity index (χ0v) is 19.3. The third-order valence-corrected chi connectivity index (χ3v) is 6.23. The van der Waals surface area contributed by atoms with E-state index in [-0.39, 0.29) is 18.4 Å². The number of rotatable bonds is 7. The predicted octanol–water partition coefficient (Wildman–Crippen LogP) is 4.52. The van der Waals surface area contributed by atoms with E-state index in [1.54, 1.807) is 6.07 Å². The van der Waals surface area contributed by atoms with E-state index in [9.17, 15) is 4.79 Å². The Balaban J connectivity index is 1.34. The Bertz CT molecular complexity index is 1070. The molecule has 0 bridgehead atoms. The number of morpholine rings is 1. The first-order valence-electron chi connectivity index (χ1n) is 10.5. The van der Waals surface area contributed by atoms with Gasteiger partial charge in [-0.2, -0.15) is 0 Å². The molecule has 1 aromatic heterocycles. The van der Waals surface area contributed by atoms with Crippen molar-refractivity contribution >= 4 is 29.1 Å². The molecule has 0 radical (unpaired) electrons. The number of benzene rings is 2. The van der Waals surface area contributed by atoms with Crippen molar-refractivity contribution in [3.05, 3.63) is 75.6 Å². The molecule has 32 heavy (non-hydrogen) atoms. The summed E-state index contributed by atoms with van der Waals surface area (Å²) in [6, 6.07) is 15.4. The Morgan fingerprint density at radius 2 is 2.00 bits per heavy atom. The van der Waals surface area contributed by atoms with Crippen molar-refractivity contribution in [3.63, 3.8) is 0 Å². The molecule has 168 valence electrons. The molecule has 0 spiro atoms. The number of amides is 1. The van der Waals surface area contributed by atoms with Gasteiger partial charge in [0, 0.05) is 25.2 Å². The molecular formula is C24H25Cl2N3O3. The zero-order chi connectivity index (χ0) is 22.5. The molecular weight excluding hydrogens is 449 g/mol. The van der Waals surface area contributed by atoms with Crippen LogP contribution in [0.2, 0.25) is 10.0 Å².